The Morgan fingerprint density at radius 2 is 1.85 bits per heavy atom. The van der Waals surface area contributed by atoms with Crippen molar-refractivity contribution in [2.24, 2.45) is 0 Å². The number of carbonyl (C=O) groups is 2. The molecular weight excluding hydrogens is 498 g/mol. The highest BCUT2D eigenvalue weighted by Crippen LogP contribution is 2.44. The van der Waals surface area contributed by atoms with Crippen molar-refractivity contribution in [3.63, 3.8) is 0 Å². The predicted molar refractivity (Wildman–Crippen MR) is 148 cm³/mol. The zero-order valence-electron chi connectivity index (χ0n) is 23.4. The maximum atomic E-state index is 12.7. The number of benzene rings is 1. The maximum Gasteiger partial charge on any atom is 0.408 e. The number of alkyl carbamates (subject to hydrolysis) is 1. The summed E-state index contributed by atoms with van der Waals surface area (Å²) in [4.78, 5) is 38.0. The van der Waals surface area contributed by atoms with Gasteiger partial charge in [-0.25, -0.2) is 19.6 Å². The van der Waals surface area contributed by atoms with Gasteiger partial charge in [0.25, 0.3) is 0 Å². The van der Waals surface area contributed by atoms with Crippen LogP contribution in [0.2, 0.25) is 0 Å². The van der Waals surface area contributed by atoms with Crippen LogP contribution in [-0.2, 0) is 9.47 Å². The Kier molecular flexibility index (Phi) is 6.74. The number of aromatic nitrogens is 4. The lowest BCUT2D eigenvalue weighted by molar-refractivity contribution is 0.0376. The number of nitrogens with zero attached hydrogens (tertiary/aromatic N) is 3. The van der Waals surface area contributed by atoms with Crippen molar-refractivity contribution in [3.8, 4) is 17.3 Å². The standard InChI is InChI=1S/C29H35N5O5/c1-15(2)38-27(35)18-13-21-24(23(14-18)37-7)34(19-9-10-19)26(33-21)22-12-17-8-11-20(31-25(17)32-22)16(3)30-28(36)39-29(4,5)6/h8,11-16,19H,9-10H2,1-7H3,(H,30,36)(H,31,32)/t16-/m1/s1. The van der Waals surface area contributed by atoms with Crippen molar-refractivity contribution in [1.82, 2.24) is 24.8 Å². The van der Waals surface area contributed by atoms with E-state index in [0.29, 0.717) is 34.2 Å². The van der Waals surface area contributed by atoms with E-state index >= 15 is 0 Å². The van der Waals surface area contributed by atoms with E-state index < -0.39 is 17.7 Å². The van der Waals surface area contributed by atoms with E-state index in [1.54, 1.807) is 19.2 Å². The van der Waals surface area contributed by atoms with Gasteiger partial charge in [0.2, 0.25) is 0 Å². The summed E-state index contributed by atoms with van der Waals surface area (Å²) >= 11 is 0. The van der Waals surface area contributed by atoms with Gasteiger partial charge in [-0.3, -0.25) is 0 Å². The molecule has 3 heterocycles. The van der Waals surface area contributed by atoms with Crippen LogP contribution in [0.1, 0.15) is 82.5 Å². The first kappa shape index (κ1) is 26.5. The van der Waals surface area contributed by atoms with E-state index in [1.165, 1.54) is 0 Å². The normalized spacial score (nSPS) is 14.6. The summed E-state index contributed by atoms with van der Waals surface area (Å²) in [6.07, 6.45) is 1.35. The average Bonchev–Trinajstić information content (AvgIpc) is 3.47. The smallest absolute Gasteiger partial charge is 0.408 e. The third-order valence-electron chi connectivity index (χ3n) is 6.38. The molecule has 4 aromatic rings. The first-order valence-electron chi connectivity index (χ1n) is 13.2. The third kappa shape index (κ3) is 5.55. The molecule has 0 spiro atoms. The first-order valence-corrected chi connectivity index (χ1v) is 13.2. The zero-order chi connectivity index (χ0) is 28.1. The van der Waals surface area contributed by atoms with Crippen LogP contribution in [-0.4, -0.2) is 50.4 Å². The highest BCUT2D eigenvalue weighted by Gasteiger charge is 2.31. The monoisotopic (exact) mass is 533 g/mol. The third-order valence-corrected chi connectivity index (χ3v) is 6.38. The number of esters is 1. The molecule has 0 bridgehead atoms. The van der Waals surface area contributed by atoms with E-state index in [2.05, 4.69) is 14.9 Å². The molecular formula is C29H35N5O5. The molecule has 1 aliphatic carbocycles. The fourth-order valence-electron chi connectivity index (χ4n) is 4.57. The Bertz CT molecular complexity index is 1560. The second kappa shape index (κ2) is 9.91. The SMILES string of the molecule is COc1cc(C(=O)OC(C)C)cc2nc(-c3cc4ccc([C@@H](C)NC(=O)OC(C)(C)C)nc4[nH]3)n(C3CC3)c12. The minimum Gasteiger partial charge on any atom is -0.494 e. The van der Waals surface area contributed by atoms with Crippen molar-refractivity contribution in [2.75, 3.05) is 7.11 Å². The summed E-state index contributed by atoms with van der Waals surface area (Å²) in [5.74, 6) is 0.913. The minimum atomic E-state index is -0.583. The van der Waals surface area contributed by atoms with Gasteiger partial charge in [0.15, 0.2) is 5.82 Å². The fraction of sp³-hybridized carbons (Fsp3) is 0.448. The number of nitrogens with one attached hydrogen (secondary N) is 2. The van der Waals surface area contributed by atoms with Crippen LogP contribution in [0, 0.1) is 0 Å². The largest absolute Gasteiger partial charge is 0.494 e. The molecule has 1 fully saturated rings. The molecule has 2 N–H and O–H groups in total. The summed E-state index contributed by atoms with van der Waals surface area (Å²) in [7, 11) is 1.59. The summed E-state index contributed by atoms with van der Waals surface area (Å²) < 4.78 is 18.7. The molecule has 0 radical (unpaired) electrons. The number of fused-ring (bicyclic) bond motifs is 2. The number of H-pyrrole nitrogens is 1. The number of amides is 1. The number of hydrogen-bond donors (Lipinski definition) is 2. The Morgan fingerprint density at radius 3 is 2.49 bits per heavy atom. The Labute approximate surface area is 227 Å². The Morgan fingerprint density at radius 1 is 1.10 bits per heavy atom. The number of imidazole rings is 1. The van der Waals surface area contributed by atoms with Crippen LogP contribution in [0.25, 0.3) is 33.6 Å². The molecule has 10 heteroatoms. The summed E-state index contributed by atoms with van der Waals surface area (Å²) in [5, 5.41) is 3.76. The van der Waals surface area contributed by atoms with Crippen LogP contribution in [0.3, 0.4) is 0 Å². The van der Waals surface area contributed by atoms with Gasteiger partial charge in [-0.15, -0.1) is 0 Å². The molecule has 1 aromatic carbocycles. The highest BCUT2D eigenvalue weighted by atomic mass is 16.6. The highest BCUT2D eigenvalue weighted by molar-refractivity contribution is 5.97. The number of rotatable bonds is 7. The summed E-state index contributed by atoms with van der Waals surface area (Å²) in [5.41, 5.74) is 3.51. The Balaban J connectivity index is 1.52. The van der Waals surface area contributed by atoms with Crippen molar-refractivity contribution in [1.29, 1.82) is 0 Å². The van der Waals surface area contributed by atoms with Crippen LogP contribution in [0.15, 0.2) is 30.3 Å². The molecule has 0 saturated heterocycles. The quantitative estimate of drug-likeness (QED) is 0.276. The summed E-state index contributed by atoms with van der Waals surface area (Å²) in [6.45, 7) is 11.0. The van der Waals surface area contributed by atoms with Crippen LogP contribution >= 0.6 is 0 Å². The Hall–Kier alpha value is -4.08. The lowest BCUT2D eigenvalue weighted by Gasteiger charge is -2.21. The number of carbonyl (C=O) groups excluding carboxylic acids is 2. The zero-order valence-corrected chi connectivity index (χ0v) is 23.4. The topological polar surface area (TPSA) is 120 Å². The maximum absolute atomic E-state index is 12.7. The molecule has 1 amide bonds. The lowest BCUT2D eigenvalue weighted by Crippen LogP contribution is -2.34. The molecule has 206 valence electrons. The minimum absolute atomic E-state index is 0.232. The number of methoxy groups -OCH3 is 1. The fourth-order valence-corrected chi connectivity index (χ4v) is 4.57. The molecule has 1 aliphatic rings. The molecule has 39 heavy (non-hydrogen) atoms. The summed E-state index contributed by atoms with van der Waals surface area (Å²) in [6, 6.07) is 9.29. The van der Waals surface area contributed by atoms with Crippen LogP contribution < -0.4 is 10.1 Å². The number of aromatic amines is 1. The molecule has 1 saturated carbocycles. The van der Waals surface area contributed by atoms with E-state index in [-0.39, 0.29) is 12.1 Å². The number of hydrogen-bond acceptors (Lipinski definition) is 7. The van der Waals surface area contributed by atoms with E-state index in [4.69, 9.17) is 24.2 Å². The second-order valence-corrected chi connectivity index (χ2v) is 11.3. The first-order chi connectivity index (χ1) is 18.4. The molecule has 1 atom stereocenters. The average molecular weight is 534 g/mol. The number of pyridine rings is 1. The van der Waals surface area contributed by atoms with Gasteiger partial charge in [0, 0.05) is 11.4 Å². The van der Waals surface area contributed by atoms with Crippen LogP contribution in [0.5, 0.6) is 5.75 Å². The molecule has 0 aliphatic heterocycles. The molecule has 10 nitrogen and oxygen atoms in total. The number of ether oxygens (including phenoxy) is 3. The van der Waals surface area contributed by atoms with Crippen molar-refractivity contribution in [3.05, 3.63) is 41.6 Å². The van der Waals surface area contributed by atoms with Gasteiger partial charge in [-0.1, -0.05) is 0 Å². The predicted octanol–water partition coefficient (Wildman–Crippen LogP) is 6.07. The van der Waals surface area contributed by atoms with Gasteiger partial charge in [0.1, 0.15) is 22.5 Å². The van der Waals surface area contributed by atoms with Gasteiger partial charge < -0.3 is 29.1 Å². The lowest BCUT2D eigenvalue weighted by atomic mass is 10.2. The molecule has 0 unspecified atom stereocenters. The van der Waals surface area contributed by atoms with Crippen molar-refractivity contribution >= 4 is 34.1 Å². The van der Waals surface area contributed by atoms with E-state index in [9.17, 15) is 9.59 Å². The molecule has 3 aromatic heterocycles. The van der Waals surface area contributed by atoms with Gasteiger partial charge in [-0.05, 0) is 84.7 Å². The van der Waals surface area contributed by atoms with Gasteiger partial charge in [0.05, 0.1) is 41.7 Å². The van der Waals surface area contributed by atoms with E-state index in [0.717, 1.165) is 35.3 Å². The second-order valence-electron chi connectivity index (χ2n) is 11.3. The molecule has 5 rings (SSSR count). The van der Waals surface area contributed by atoms with E-state index in [1.807, 2.05) is 59.7 Å². The van der Waals surface area contributed by atoms with Gasteiger partial charge in [-0.2, -0.15) is 0 Å². The van der Waals surface area contributed by atoms with Crippen LogP contribution in [0.4, 0.5) is 4.79 Å². The van der Waals surface area contributed by atoms with Crippen molar-refractivity contribution in [2.45, 2.75) is 78.2 Å². The van der Waals surface area contributed by atoms with Crippen molar-refractivity contribution < 1.29 is 23.8 Å². The van der Waals surface area contributed by atoms with Gasteiger partial charge >= 0.3 is 12.1 Å².